The SMILES string of the molecule is Cc1cc(F)cc(C)c1S(=O)(=O)N1C[C@@H](C)[C@H](C(=O)O)C1. The third-order valence-electron chi connectivity index (χ3n) is 3.92. The summed E-state index contributed by atoms with van der Waals surface area (Å²) >= 11 is 0. The monoisotopic (exact) mass is 315 g/mol. The van der Waals surface area contributed by atoms with Gasteiger partial charge >= 0.3 is 5.97 Å². The Morgan fingerprint density at radius 3 is 2.24 bits per heavy atom. The van der Waals surface area contributed by atoms with Gasteiger partial charge in [-0.1, -0.05) is 6.92 Å². The van der Waals surface area contributed by atoms with Crippen molar-refractivity contribution in [2.75, 3.05) is 13.1 Å². The number of carboxylic acid groups (broad SMARTS) is 1. The summed E-state index contributed by atoms with van der Waals surface area (Å²) in [5.74, 6) is -2.44. The summed E-state index contributed by atoms with van der Waals surface area (Å²) in [7, 11) is -3.81. The number of aryl methyl sites for hydroxylation is 2. The number of halogens is 1. The highest BCUT2D eigenvalue weighted by Gasteiger charge is 2.41. The average molecular weight is 315 g/mol. The van der Waals surface area contributed by atoms with Crippen molar-refractivity contribution >= 4 is 16.0 Å². The van der Waals surface area contributed by atoms with Gasteiger partial charge in [0, 0.05) is 13.1 Å². The van der Waals surface area contributed by atoms with Gasteiger partial charge in [0.2, 0.25) is 10.0 Å². The maximum atomic E-state index is 13.3. The molecule has 2 rings (SSSR count). The lowest BCUT2D eigenvalue weighted by Crippen LogP contribution is -2.31. The highest BCUT2D eigenvalue weighted by molar-refractivity contribution is 7.89. The van der Waals surface area contributed by atoms with E-state index in [0.717, 1.165) is 0 Å². The van der Waals surface area contributed by atoms with Crippen molar-refractivity contribution in [3.63, 3.8) is 0 Å². The molecule has 21 heavy (non-hydrogen) atoms. The fourth-order valence-corrected chi connectivity index (χ4v) is 4.85. The molecule has 1 heterocycles. The second kappa shape index (κ2) is 5.38. The Morgan fingerprint density at radius 2 is 1.81 bits per heavy atom. The highest BCUT2D eigenvalue weighted by atomic mass is 32.2. The molecular formula is C14H18FNO4S. The normalized spacial score (nSPS) is 23.4. The Bertz CT molecular complexity index is 663. The first-order valence-corrected chi connectivity index (χ1v) is 8.08. The zero-order valence-corrected chi connectivity index (χ0v) is 12.9. The molecule has 0 aromatic heterocycles. The van der Waals surface area contributed by atoms with Gasteiger partial charge in [-0.25, -0.2) is 12.8 Å². The third-order valence-corrected chi connectivity index (χ3v) is 6.06. The van der Waals surface area contributed by atoms with Crippen molar-refractivity contribution in [1.82, 2.24) is 4.31 Å². The van der Waals surface area contributed by atoms with E-state index in [2.05, 4.69) is 0 Å². The molecule has 5 nitrogen and oxygen atoms in total. The van der Waals surface area contributed by atoms with Crippen LogP contribution >= 0.6 is 0 Å². The number of hydrogen-bond donors (Lipinski definition) is 1. The summed E-state index contributed by atoms with van der Waals surface area (Å²) in [4.78, 5) is 11.2. The van der Waals surface area contributed by atoms with Crippen molar-refractivity contribution in [2.45, 2.75) is 25.7 Å². The Labute approximate surface area is 123 Å². The van der Waals surface area contributed by atoms with Gasteiger partial charge in [0.05, 0.1) is 10.8 Å². The van der Waals surface area contributed by atoms with E-state index >= 15 is 0 Å². The molecule has 0 bridgehead atoms. The second-order valence-corrected chi connectivity index (χ2v) is 7.49. The largest absolute Gasteiger partial charge is 0.481 e. The molecule has 0 amide bonds. The smallest absolute Gasteiger partial charge is 0.308 e. The van der Waals surface area contributed by atoms with Crippen LogP contribution in [-0.4, -0.2) is 36.9 Å². The van der Waals surface area contributed by atoms with Crippen LogP contribution in [0, 0.1) is 31.5 Å². The van der Waals surface area contributed by atoms with Gasteiger partial charge in [-0.3, -0.25) is 4.79 Å². The molecule has 116 valence electrons. The van der Waals surface area contributed by atoms with E-state index in [1.807, 2.05) is 0 Å². The van der Waals surface area contributed by atoms with Crippen LogP contribution in [-0.2, 0) is 14.8 Å². The summed E-state index contributed by atoms with van der Waals surface area (Å²) in [5.41, 5.74) is 0.665. The summed E-state index contributed by atoms with van der Waals surface area (Å²) in [5, 5.41) is 9.11. The molecule has 0 spiro atoms. The first kappa shape index (κ1) is 15.9. The Balaban J connectivity index is 2.43. The zero-order chi connectivity index (χ0) is 15.9. The number of hydrogen-bond acceptors (Lipinski definition) is 3. The van der Waals surface area contributed by atoms with E-state index in [1.165, 1.54) is 30.3 Å². The predicted octanol–water partition coefficient (Wildman–Crippen LogP) is 1.78. The van der Waals surface area contributed by atoms with E-state index in [-0.39, 0.29) is 23.9 Å². The molecular weight excluding hydrogens is 297 g/mol. The lowest BCUT2D eigenvalue weighted by molar-refractivity contribution is -0.142. The van der Waals surface area contributed by atoms with E-state index in [9.17, 15) is 17.6 Å². The zero-order valence-electron chi connectivity index (χ0n) is 12.1. The van der Waals surface area contributed by atoms with Crippen LogP contribution in [0.15, 0.2) is 17.0 Å². The molecule has 2 atom stereocenters. The maximum absolute atomic E-state index is 13.3. The Morgan fingerprint density at radius 1 is 1.29 bits per heavy atom. The van der Waals surface area contributed by atoms with Crippen molar-refractivity contribution in [3.8, 4) is 0 Å². The molecule has 7 heteroatoms. The molecule has 0 radical (unpaired) electrons. The molecule has 1 aromatic carbocycles. The maximum Gasteiger partial charge on any atom is 0.308 e. The van der Waals surface area contributed by atoms with E-state index in [4.69, 9.17) is 5.11 Å². The van der Waals surface area contributed by atoms with E-state index in [0.29, 0.717) is 11.1 Å². The summed E-state index contributed by atoms with van der Waals surface area (Å²) in [6.45, 7) is 4.91. The number of sulfonamides is 1. The molecule has 0 aliphatic carbocycles. The molecule has 0 saturated carbocycles. The van der Waals surface area contributed by atoms with Gasteiger partial charge in [0.15, 0.2) is 0 Å². The summed E-state index contributed by atoms with van der Waals surface area (Å²) < 4.78 is 39.9. The number of rotatable bonds is 3. The fourth-order valence-electron chi connectivity index (χ4n) is 2.87. The van der Waals surface area contributed by atoms with Crippen LogP contribution < -0.4 is 0 Å². The number of aliphatic carboxylic acids is 1. The van der Waals surface area contributed by atoms with Crippen LogP contribution in [0.1, 0.15) is 18.1 Å². The predicted molar refractivity (Wildman–Crippen MR) is 74.9 cm³/mol. The van der Waals surface area contributed by atoms with Crippen molar-refractivity contribution in [1.29, 1.82) is 0 Å². The average Bonchev–Trinajstić information content (AvgIpc) is 2.70. The standard InChI is InChI=1S/C14H18FNO4S/c1-8-4-11(15)5-9(2)13(8)21(19,20)16-6-10(3)12(7-16)14(17)18/h4-5,10,12H,6-7H2,1-3H3,(H,17,18)/t10-,12-/m1/s1. The van der Waals surface area contributed by atoms with E-state index < -0.39 is 27.7 Å². The topological polar surface area (TPSA) is 74.7 Å². The number of carboxylic acids is 1. The minimum Gasteiger partial charge on any atom is -0.481 e. The summed E-state index contributed by atoms with van der Waals surface area (Å²) in [6.07, 6.45) is 0. The fraction of sp³-hybridized carbons (Fsp3) is 0.500. The first-order chi connectivity index (χ1) is 9.64. The minimum absolute atomic E-state index is 0.0465. The molecule has 1 fully saturated rings. The number of benzene rings is 1. The molecule has 0 unspecified atom stereocenters. The van der Waals surface area contributed by atoms with Crippen molar-refractivity contribution in [2.24, 2.45) is 11.8 Å². The lowest BCUT2D eigenvalue weighted by atomic mass is 9.99. The van der Waals surface area contributed by atoms with Gasteiger partial charge in [0.1, 0.15) is 5.82 Å². The van der Waals surface area contributed by atoms with Gasteiger partial charge in [0.25, 0.3) is 0 Å². The molecule has 1 saturated heterocycles. The number of nitrogens with zero attached hydrogens (tertiary/aromatic N) is 1. The van der Waals surface area contributed by atoms with Crippen LogP contribution in [0.4, 0.5) is 4.39 Å². The Hall–Kier alpha value is -1.47. The van der Waals surface area contributed by atoms with Crippen LogP contribution in [0.2, 0.25) is 0 Å². The highest BCUT2D eigenvalue weighted by Crippen LogP contribution is 2.31. The van der Waals surface area contributed by atoms with E-state index in [1.54, 1.807) is 6.92 Å². The molecule has 1 aromatic rings. The van der Waals surface area contributed by atoms with Crippen molar-refractivity contribution in [3.05, 3.63) is 29.1 Å². The van der Waals surface area contributed by atoms with Crippen molar-refractivity contribution < 1.29 is 22.7 Å². The third kappa shape index (κ3) is 2.80. The lowest BCUT2D eigenvalue weighted by Gasteiger charge is -2.19. The van der Waals surface area contributed by atoms with Crippen LogP contribution in [0.5, 0.6) is 0 Å². The second-order valence-electron chi connectivity index (χ2n) is 5.61. The summed E-state index contributed by atoms with van der Waals surface area (Å²) in [6, 6.07) is 2.35. The van der Waals surface area contributed by atoms with Crippen LogP contribution in [0.3, 0.4) is 0 Å². The van der Waals surface area contributed by atoms with Gasteiger partial charge in [-0.15, -0.1) is 0 Å². The number of carbonyl (C=O) groups is 1. The Kier molecular flexibility index (Phi) is 4.08. The van der Waals surface area contributed by atoms with Gasteiger partial charge in [-0.2, -0.15) is 4.31 Å². The molecule has 1 N–H and O–H groups in total. The quantitative estimate of drug-likeness (QED) is 0.922. The molecule has 1 aliphatic rings. The van der Waals surface area contributed by atoms with Gasteiger partial charge < -0.3 is 5.11 Å². The first-order valence-electron chi connectivity index (χ1n) is 6.64. The molecule has 1 aliphatic heterocycles. The minimum atomic E-state index is -3.81. The van der Waals surface area contributed by atoms with Gasteiger partial charge in [-0.05, 0) is 43.0 Å². The van der Waals surface area contributed by atoms with Crippen LogP contribution in [0.25, 0.3) is 0 Å².